The third kappa shape index (κ3) is 3.61. The molecule has 1 fully saturated rings. The summed E-state index contributed by atoms with van der Waals surface area (Å²) < 4.78 is 5.14. The van der Waals surface area contributed by atoms with Crippen molar-refractivity contribution in [3.8, 4) is 0 Å². The topological polar surface area (TPSA) is 75.7 Å². The Morgan fingerprint density at radius 3 is 2.58 bits per heavy atom. The van der Waals surface area contributed by atoms with Crippen LogP contribution in [-0.4, -0.2) is 42.4 Å². The van der Waals surface area contributed by atoms with Gasteiger partial charge in [0.05, 0.1) is 18.1 Å². The molecule has 2 heterocycles. The number of carbonyl (C=O) groups excluding carboxylic acids is 3. The van der Waals surface area contributed by atoms with Crippen molar-refractivity contribution in [2.24, 2.45) is 5.92 Å². The van der Waals surface area contributed by atoms with Crippen LogP contribution in [-0.2, 0) is 20.7 Å². The first-order valence-corrected chi connectivity index (χ1v) is 9.12. The maximum Gasteiger partial charge on any atom is 0.341 e. The summed E-state index contributed by atoms with van der Waals surface area (Å²) >= 11 is 1.38. The van der Waals surface area contributed by atoms with E-state index >= 15 is 0 Å². The van der Waals surface area contributed by atoms with Gasteiger partial charge in [0.25, 0.3) is 0 Å². The minimum Gasteiger partial charge on any atom is -0.462 e. The monoisotopic (exact) mass is 352 g/mol. The number of anilines is 1. The van der Waals surface area contributed by atoms with E-state index in [0.29, 0.717) is 30.1 Å². The fourth-order valence-electron chi connectivity index (χ4n) is 2.98. The van der Waals surface area contributed by atoms with Crippen LogP contribution in [0.4, 0.5) is 5.00 Å². The van der Waals surface area contributed by atoms with Crippen LogP contribution >= 0.6 is 11.3 Å². The molecule has 6 nitrogen and oxygen atoms in total. The van der Waals surface area contributed by atoms with Crippen LogP contribution in [0.25, 0.3) is 0 Å². The van der Waals surface area contributed by atoms with Crippen molar-refractivity contribution in [1.29, 1.82) is 0 Å². The van der Waals surface area contributed by atoms with Crippen LogP contribution in [0, 0.1) is 12.8 Å². The minimum atomic E-state index is -0.410. The highest BCUT2D eigenvalue weighted by Gasteiger charge is 2.34. The van der Waals surface area contributed by atoms with Crippen molar-refractivity contribution in [2.75, 3.05) is 25.0 Å². The lowest BCUT2D eigenvalue weighted by atomic mass is 10.1. The number of hydrogen-bond donors (Lipinski definition) is 1. The highest BCUT2D eigenvalue weighted by molar-refractivity contribution is 7.16. The molecular formula is C17H24N2O4S. The standard InChI is InChI=1S/C17H24N2O4S/c1-5-12-10(4)24-16(14(12)17(22)23-7-3)18-15(21)11-8-13(20)19(6-2)9-11/h11H,5-9H2,1-4H3,(H,18,21). The maximum atomic E-state index is 12.5. The second kappa shape index (κ2) is 7.79. The van der Waals surface area contributed by atoms with Crippen molar-refractivity contribution in [1.82, 2.24) is 4.90 Å². The van der Waals surface area contributed by atoms with E-state index in [9.17, 15) is 14.4 Å². The number of likely N-dealkylation sites (tertiary alicyclic amines) is 1. The molecule has 0 aromatic carbocycles. The predicted molar refractivity (Wildman–Crippen MR) is 93.4 cm³/mol. The SMILES string of the molecule is CCOC(=O)c1c(NC(=O)C2CC(=O)N(CC)C2)sc(C)c1CC. The molecule has 0 bridgehead atoms. The molecule has 0 spiro atoms. The molecule has 132 valence electrons. The van der Waals surface area contributed by atoms with Crippen LogP contribution in [0.15, 0.2) is 0 Å². The molecule has 1 saturated heterocycles. The lowest BCUT2D eigenvalue weighted by Gasteiger charge is -2.14. The number of nitrogens with zero attached hydrogens (tertiary/aromatic N) is 1. The number of rotatable bonds is 6. The molecule has 0 radical (unpaired) electrons. The van der Waals surface area contributed by atoms with Gasteiger partial charge in [-0.2, -0.15) is 0 Å². The molecule has 1 aliphatic heterocycles. The number of ether oxygens (including phenoxy) is 1. The summed E-state index contributed by atoms with van der Waals surface area (Å²) in [4.78, 5) is 39.3. The van der Waals surface area contributed by atoms with Crippen molar-refractivity contribution >= 4 is 34.1 Å². The lowest BCUT2D eigenvalue weighted by molar-refractivity contribution is -0.128. The molecule has 0 saturated carbocycles. The summed E-state index contributed by atoms with van der Waals surface area (Å²) in [7, 11) is 0. The van der Waals surface area contributed by atoms with Crippen molar-refractivity contribution in [3.05, 3.63) is 16.0 Å². The van der Waals surface area contributed by atoms with E-state index in [1.807, 2.05) is 20.8 Å². The quantitative estimate of drug-likeness (QED) is 0.799. The van der Waals surface area contributed by atoms with Crippen molar-refractivity contribution in [2.45, 2.75) is 40.5 Å². The molecule has 2 amide bonds. The zero-order chi connectivity index (χ0) is 17.9. The van der Waals surface area contributed by atoms with Crippen LogP contribution in [0.3, 0.4) is 0 Å². The van der Waals surface area contributed by atoms with E-state index in [0.717, 1.165) is 10.4 Å². The Labute approximate surface area is 146 Å². The first-order chi connectivity index (χ1) is 11.4. The maximum absolute atomic E-state index is 12.5. The van der Waals surface area contributed by atoms with Gasteiger partial charge in [-0.15, -0.1) is 11.3 Å². The van der Waals surface area contributed by atoms with Gasteiger partial charge in [0.15, 0.2) is 0 Å². The average Bonchev–Trinajstić information content (AvgIpc) is 3.07. The Balaban J connectivity index is 2.22. The van der Waals surface area contributed by atoms with Gasteiger partial charge in [-0.05, 0) is 32.8 Å². The molecular weight excluding hydrogens is 328 g/mol. The minimum absolute atomic E-state index is 0.000117. The molecule has 1 aromatic heterocycles. The molecule has 1 atom stereocenters. The molecule has 0 aliphatic carbocycles. The van der Waals surface area contributed by atoms with E-state index in [-0.39, 0.29) is 30.8 Å². The second-order valence-electron chi connectivity index (χ2n) is 5.74. The summed E-state index contributed by atoms with van der Waals surface area (Å²) in [6.45, 7) is 8.87. The van der Waals surface area contributed by atoms with Gasteiger partial charge in [0.1, 0.15) is 5.00 Å². The molecule has 7 heteroatoms. The van der Waals surface area contributed by atoms with Crippen LogP contribution in [0.5, 0.6) is 0 Å². The molecule has 2 rings (SSSR count). The van der Waals surface area contributed by atoms with Gasteiger partial charge in [0, 0.05) is 24.4 Å². The first-order valence-electron chi connectivity index (χ1n) is 8.30. The molecule has 1 aromatic rings. The summed E-state index contributed by atoms with van der Waals surface area (Å²) in [5.41, 5.74) is 1.36. The summed E-state index contributed by atoms with van der Waals surface area (Å²) in [5.74, 6) is -1.000. The Hall–Kier alpha value is -1.89. The van der Waals surface area contributed by atoms with Crippen LogP contribution in [0.1, 0.15) is 48.0 Å². The summed E-state index contributed by atoms with van der Waals surface area (Å²) in [5, 5.41) is 3.38. The smallest absolute Gasteiger partial charge is 0.341 e. The Morgan fingerprint density at radius 2 is 2.04 bits per heavy atom. The number of esters is 1. The molecule has 24 heavy (non-hydrogen) atoms. The van der Waals surface area contributed by atoms with E-state index in [1.165, 1.54) is 11.3 Å². The first kappa shape index (κ1) is 18.4. The van der Waals surface area contributed by atoms with Gasteiger partial charge in [-0.1, -0.05) is 6.92 Å². The average molecular weight is 352 g/mol. The predicted octanol–water partition coefficient (Wildman–Crippen LogP) is 2.60. The van der Waals surface area contributed by atoms with Crippen molar-refractivity contribution < 1.29 is 19.1 Å². The van der Waals surface area contributed by atoms with Crippen LogP contribution < -0.4 is 5.32 Å². The Bertz CT molecular complexity index is 653. The number of amides is 2. The number of carbonyl (C=O) groups is 3. The van der Waals surface area contributed by atoms with Crippen molar-refractivity contribution in [3.63, 3.8) is 0 Å². The van der Waals surface area contributed by atoms with Gasteiger partial charge in [-0.25, -0.2) is 4.79 Å². The highest BCUT2D eigenvalue weighted by atomic mass is 32.1. The summed E-state index contributed by atoms with van der Waals surface area (Å²) in [6, 6.07) is 0. The van der Waals surface area contributed by atoms with Crippen LogP contribution in [0.2, 0.25) is 0 Å². The largest absolute Gasteiger partial charge is 0.462 e. The van der Waals surface area contributed by atoms with E-state index in [2.05, 4.69) is 5.32 Å². The van der Waals surface area contributed by atoms with Gasteiger partial charge >= 0.3 is 5.97 Å². The number of thiophene rings is 1. The normalized spacial score (nSPS) is 17.2. The van der Waals surface area contributed by atoms with Gasteiger partial charge < -0.3 is 15.0 Å². The Kier molecular flexibility index (Phi) is 5.99. The van der Waals surface area contributed by atoms with Gasteiger partial charge in [-0.3, -0.25) is 9.59 Å². The van der Waals surface area contributed by atoms with Gasteiger partial charge in [0.2, 0.25) is 11.8 Å². The fraction of sp³-hybridized carbons (Fsp3) is 0.588. The van der Waals surface area contributed by atoms with E-state index in [4.69, 9.17) is 4.74 Å². The number of hydrogen-bond acceptors (Lipinski definition) is 5. The number of aryl methyl sites for hydroxylation is 1. The molecule has 1 unspecified atom stereocenters. The molecule has 1 aliphatic rings. The summed E-state index contributed by atoms with van der Waals surface area (Å²) in [6.07, 6.45) is 0.914. The van der Waals surface area contributed by atoms with E-state index < -0.39 is 5.97 Å². The zero-order valence-corrected chi connectivity index (χ0v) is 15.4. The fourth-order valence-corrected chi connectivity index (χ4v) is 4.12. The molecule has 1 N–H and O–H groups in total. The highest BCUT2D eigenvalue weighted by Crippen LogP contribution is 2.34. The lowest BCUT2D eigenvalue weighted by Crippen LogP contribution is -2.28. The second-order valence-corrected chi connectivity index (χ2v) is 6.96. The van der Waals surface area contributed by atoms with E-state index in [1.54, 1.807) is 11.8 Å². The third-order valence-corrected chi connectivity index (χ3v) is 5.31. The number of nitrogens with one attached hydrogen (secondary N) is 1. The Morgan fingerprint density at radius 1 is 1.33 bits per heavy atom. The zero-order valence-electron chi connectivity index (χ0n) is 14.6. The third-order valence-electron chi connectivity index (χ3n) is 4.25.